The molecule has 1 heterocycles. The lowest BCUT2D eigenvalue weighted by atomic mass is 10.2. The molecule has 88 valence electrons. The first-order valence-corrected chi connectivity index (χ1v) is 6.48. The Balaban J connectivity index is 2.07. The van der Waals surface area contributed by atoms with Crippen molar-refractivity contribution in [1.29, 1.82) is 0 Å². The maximum Gasteiger partial charge on any atom is 0.129 e. The molecule has 3 heteroatoms. The first kappa shape index (κ1) is 12.0. The highest BCUT2D eigenvalue weighted by Gasteiger charge is 2.03. The predicted octanol–water partition coefficient (Wildman–Crippen LogP) is 3.70. The van der Waals surface area contributed by atoms with Crippen molar-refractivity contribution < 1.29 is 5.11 Å². The molecular formula is C14H15NOS. The van der Waals surface area contributed by atoms with Crippen molar-refractivity contribution in [2.24, 2.45) is 0 Å². The van der Waals surface area contributed by atoms with Gasteiger partial charge in [-0.2, -0.15) is 0 Å². The molecular weight excluding hydrogens is 230 g/mol. The summed E-state index contributed by atoms with van der Waals surface area (Å²) in [5.74, 6) is 1.13. The second-order valence-corrected chi connectivity index (χ2v) is 5.05. The number of benzene rings is 1. The summed E-state index contributed by atoms with van der Waals surface area (Å²) in [5, 5.41) is 9.78. The van der Waals surface area contributed by atoms with Crippen LogP contribution in [0.2, 0.25) is 0 Å². The van der Waals surface area contributed by atoms with Crippen molar-refractivity contribution in [3.63, 3.8) is 0 Å². The van der Waals surface area contributed by atoms with E-state index in [1.165, 1.54) is 0 Å². The SMILES string of the molecule is Cc1ccc(SCc2cccc(C)n2)c(O)c1. The molecule has 0 saturated heterocycles. The topological polar surface area (TPSA) is 33.1 Å². The van der Waals surface area contributed by atoms with Crippen LogP contribution in [0.1, 0.15) is 17.0 Å². The molecule has 1 aromatic heterocycles. The van der Waals surface area contributed by atoms with E-state index in [-0.39, 0.29) is 0 Å². The van der Waals surface area contributed by atoms with Crippen LogP contribution in [0, 0.1) is 13.8 Å². The molecule has 2 nitrogen and oxygen atoms in total. The number of phenols is 1. The quantitative estimate of drug-likeness (QED) is 0.837. The Kier molecular flexibility index (Phi) is 3.69. The fraction of sp³-hybridized carbons (Fsp3) is 0.214. The van der Waals surface area contributed by atoms with Crippen LogP contribution in [0.4, 0.5) is 0 Å². The van der Waals surface area contributed by atoms with E-state index in [9.17, 15) is 5.11 Å². The van der Waals surface area contributed by atoms with E-state index in [1.54, 1.807) is 17.8 Å². The van der Waals surface area contributed by atoms with Crippen LogP contribution in [0.3, 0.4) is 0 Å². The average molecular weight is 245 g/mol. The molecule has 0 saturated carbocycles. The molecule has 0 spiro atoms. The largest absolute Gasteiger partial charge is 0.507 e. The highest BCUT2D eigenvalue weighted by molar-refractivity contribution is 7.98. The van der Waals surface area contributed by atoms with Gasteiger partial charge in [-0.05, 0) is 43.7 Å². The number of rotatable bonds is 3. The number of hydrogen-bond donors (Lipinski definition) is 1. The van der Waals surface area contributed by atoms with Crippen molar-refractivity contribution in [2.75, 3.05) is 0 Å². The summed E-state index contributed by atoms with van der Waals surface area (Å²) in [6.45, 7) is 3.95. The van der Waals surface area contributed by atoms with Gasteiger partial charge in [-0.15, -0.1) is 11.8 Å². The van der Waals surface area contributed by atoms with Gasteiger partial charge in [-0.3, -0.25) is 4.98 Å². The molecule has 0 radical (unpaired) electrons. The van der Waals surface area contributed by atoms with E-state index in [4.69, 9.17) is 0 Å². The summed E-state index contributed by atoms with van der Waals surface area (Å²) < 4.78 is 0. The Hall–Kier alpha value is -1.48. The highest BCUT2D eigenvalue weighted by atomic mass is 32.2. The molecule has 0 bridgehead atoms. The van der Waals surface area contributed by atoms with E-state index >= 15 is 0 Å². The molecule has 0 aliphatic heterocycles. The number of aryl methyl sites for hydroxylation is 2. The van der Waals surface area contributed by atoms with Crippen molar-refractivity contribution in [2.45, 2.75) is 24.5 Å². The zero-order chi connectivity index (χ0) is 12.3. The van der Waals surface area contributed by atoms with Crippen LogP contribution in [-0.4, -0.2) is 10.1 Å². The highest BCUT2D eigenvalue weighted by Crippen LogP contribution is 2.31. The molecule has 1 N–H and O–H groups in total. The fourth-order valence-electron chi connectivity index (χ4n) is 1.58. The number of pyridine rings is 1. The van der Waals surface area contributed by atoms with Crippen LogP contribution in [-0.2, 0) is 5.75 Å². The zero-order valence-corrected chi connectivity index (χ0v) is 10.8. The Bertz CT molecular complexity index is 525. The molecule has 2 rings (SSSR count). The van der Waals surface area contributed by atoms with E-state index in [2.05, 4.69) is 4.98 Å². The molecule has 0 aliphatic rings. The molecule has 1 aromatic carbocycles. The number of aromatic nitrogens is 1. The van der Waals surface area contributed by atoms with Gasteiger partial charge in [0.2, 0.25) is 0 Å². The Morgan fingerprint density at radius 3 is 2.71 bits per heavy atom. The minimum absolute atomic E-state index is 0.350. The van der Waals surface area contributed by atoms with Gasteiger partial charge in [0.25, 0.3) is 0 Å². The summed E-state index contributed by atoms with van der Waals surface area (Å²) in [5.41, 5.74) is 3.13. The van der Waals surface area contributed by atoms with Crippen LogP contribution in [0.5, 0.6) is 5.75 Å². The zero-order valence-electron chi connectivity index (χ0n) is 9.97. The van der Waals surface area contributed by atoms with Crippen molar-refractivity contribution in [3.05, 3.63) is 53.3 Å². The van der Waals surface area contributed by atoms with Gasteiger partial charge >= 0.3 is 0 Å². The number of aromatic hydroxyl groups is 1. The second-order valence-electron chi connectivity index (χ2n) is 4.03. The first-order valence-electron chi connectivity index (χ1n) is 5.50. The first-order chi connectivity index (χ1) is 8.15. The van der Waals surface area contributed by atoms with E-state index in [0.29, 0.717) is 5.75 Å². The van der Waals surface area contributed by atoms with Crippen LogP contribution >= 0.6 is 11.8 Å². The van der Waals surface area contributed by atoms with Crippen LogP contribution in [0.15, 0.2) is 41.3 Å². The lowest BCUT2D eigenvalue weighted by Crippen LogP contribution is -1.88. The van der Waals surface area contributed by atoms with Gasteiger partial charge in [0, 0.05) is 16.3 Å². The molecule has 17 heavy (non-hydrogen) atoms. The van der Waals surface area contributed by atoms with Gasteiger partial charge in [0.05, 0.1) is 5.69 Å². The van der Waals surface area contributed by atoms with Crippen molar-refractivity contribution >= 4 is 11.8 Å². The predicted molar refractivity (Wildman–Crippen MR) is 71.4 cm³/mol. The smallest absolute Gasteiger partial charge is 0.129 e. The number of hydrogen-bond acceptors (Lipinski definition) is 3. The van der Waals surface area contributed by atoms with Gasteiger partial charge < -0.3 is 5.11 Å². The van der Waals surface area contributed by atoms with E-state index in [0.717, 1.165) is 27.6 Å². The van der Waals surface area contributed by atoms with Gasteiger partial charge in [0.15, 0.2) is 0 Å². The lowest BCUT2D eigenvalue weighted by molar-refractivity contribution is 0.462. The molecule has 0 fully saturated rings. The molecule has 0 amide bonds. The monoisotopic (exact) mass is 245 g/mol. The molecule has 0 aliphatic carbocycles. The number of thioether (sulfide) groups is 1. The summed E-state index contributed by atoms with van der Waals surface area (Å²) in [6.07, 6.45) is 0. The fourth-order valence-corrected chi connectivity index (χ4v) is 2.42. The number of phenolic OH excluding ortho intramolecular Hbond substituents is 1. The molecule has 0 atom stereocenters. The standard InChI is InChI=1S/C14H15NOS/c1-10-6-7-14(13(16)8-10)17-9-12-5-3-4-11(2)15-12/h3-8,16H,9H2,1-2H3. The molecule has 0 unspecified atom stereocenters. The maximum atomic E-state index is 9.78. The van der Waals surface area contributed by atoms with Gasteiger partial charge in [-0.25, -0.2) is 0 Å². The summed E-state index contributed by atoms with van der Waals surface area (Å²) in [7, 11) is 0. The third-order valence-corrected chi connectivity index (χ3v) is 3.53. The third kappa shape index (κ3) is 3.24. The lowest BCUT2D eigenvalue weighted by Gasteiger charge is -2.05. The summed E-state index contributed by atoms with van der Waals surface area (Å²) in [6, 6.07) is 11.7. The van der Waals surface area contributed by atoms with E-state index in [1.807, 2.05) is 44.2 Å². The van der Waals surface area contributed by atoms with Gasteiger partial charge in [0.1, 0.15) is 5.75 Å². The van der Waals surface area contributed by atoms with Gasteiger partial charge in [-0.1, -0.05) is 12.1 Å². The Labute approximate surface area is 106 Å². The maximum absolute atomic E-state index is 9.78. The molecule has 2 aromatic rings. The minimum atomic E-state index is 0.350. The minimum Gasteiger partial charge on any atom is -0.507 e. The van der Waals surface area contributed by atoms with Crippen molar-refractivity contribution in [3.8, 4) is 5.75 Å². The van der Waals surface area contributed by atoms with E-state index < -0.39 is 0 Å². The summed E-state index contributed by atoms with van der Waals surface area (Å²) >= 11 is 1.61. The van der Waals surface area contributed by atoms with Crippen LogP contribution < -0.4 is 0 Å². The van der Waals surface area contributed by atoms with Crippen molar-refractivity contribution in [1.82, 2.24) is 4.98 Å². The normalized spacial score (nSPS) is 10.5. The van der Waals surface area contributed by atoms with Crippen LogP contribution in [0.25, 0.3) is 0 Å². The Morgan fingerprint density at radius 1 is 1.18 bits per heavy atom. The second kappa shape index (κ2) is 5.23. The third-order valence-electron chi connectivity index (χ3n) is 2.44. The summed E-state index contributed by atoms with van der Waals surface area (Å²) in [4.78, 5) is 5.33. The number of nitrogens with zero attached hydrogens (tertiary/aromatic N) is 1. The average Bonchev–Trinajstić information content (AvgIpc) is 2.28. The Morgan fingerprint density at radius 2 is 2.00 bits per heavy atom.